The summed E-state index contributed by atoms with van der Waals surface area (Å²) >= 11 is 5.91. The van der Waals surface area contributed by atoms with E-state index >= 15 is 0 Å². The van der Waals surface area contributed by atoms with Gasteiger partial charge >= 0.3 is 0 Å². The van der Waals surface area contributed by atoms with Gasteiger partial charge in [-0.25, -0.2) is 0 Å². The number of halogens is 1. The third-order valence-electron chi connectivity index (χ3n) is 4.58. The Morgan fingerprint density at radius 1 is 1.03 bits per heavy atom. The van der Waals surface area contributed by atoms with Crippen molar-refractivity contribution in [2.75, 3.05) is 6.61 Å². The van der Waals surface area contributed by atoms with Crippen molar-refractivity contribution in [3.8, 4) is 17.1 Å². The lowest BCUT2D eigenvalue weighted by molar-refractivity contribution is -0.129. The highest BCUT2D eigenvalue weighted by Gasteiger charge is 2.10. The largest absolute Gasteiger partial charge is 0.493 e. The van der Waals surface area contributed by atoms with Crippen LogP contribution >= 0.6 is 11.6 Å². The molecule has 0 aliphatic rings. The number of benzene rings is 2. The maximum absolute atomic E-state index is 11.9. The van der Waals surface area contributed by atoms with E-state index in [1.54, 1.807) is 12.1 Å². The Hall–Kier alpha value is -3.39. The molecule has 3 aromatic rings. The van der Waals surface area contributed by atoms with E-state index in [0.717, 1.165) is 16.9 Å². The molecule has 1 heterocycles. The first kappa shape index (κ1) is 23.3. The van der Waals surface area contributed by atoms with Gasteiger partial charge < -0.3 is 9.26 Å². The lowest BCUT2D eigenvalue weighted by atomic mass is 10.2. The smallest absolute Gasteiger partial charge is 0.238 e. The molecule has 0 unspecified atom stereocenters. The molecule has 0 bridgehead atoms. The van der Waals surface area contributed by atoms with Gasteiger partial charge in [-0.15, -0.1) is 0 Å². The summed E-state index contributed by atoms with van der Waals surface area (Å²) in [6.45, 7) is 2.29. The van der Waals surface area contributed by atoms with Crippen LogP contribution in [0, 0.1) is 6.92 Å². The van der Waals surface area contributed by atoms with Gasteiger partial charge in [0.05, 0.1) is 6.61 Å². The van der Waals surface area contributed by atoms with E-state index < -0.39 is 0 Å². The lowest BCUT2D eigenvalue weighted by Gasteiger charge is -2.10. The molecular formula is C23H25ClN4O4. The van der Waals surface area contributed by atoms with Gasteiger partial charge in [0.25, 0.3) is 0 Å². The van der Waals surface area contributed by atoms with Gasteiger partial charge in [-0.3, -0.25) is 20.4 Å². The predicted octanol–water partition coefficient (Wildman–Crippen LogP) is 4.03. The fraction of sp³-hybridized carbons (Fsp3) is 0.304. The summed E-state index contributed by atoms with van der Waals surface area (Å²) in [5.74, 6) is 1.16. The molecule has 168 valence electrons. The molecule has 0 saturated carbocycles. The minimum Gasteiger partial charge on any atom is -0.493 e. The standard InChI is InChI=1S/C23H25ClN4O4/c1-16-15-18(24)12-13-19(16)31-14-6-10-21(30)27-26-20(29)9-5-11-22-25-23(28-32-22)17-7-3-2-4-8-17/h2-4,7-8,12-13,15H,5-6,9-11,14H2,1H3,(H,26,29)(H,27,30). The number of nitrogens with zero attached hydrogens (tertiary/aromatic N) is 2. The number of aromatic nitrogens is 2. The van der Waals surface area contributed by atoms with Crippen LogP contribution < -0.4 is 15.6 Å². The third-order valence-corrected chi connectivity index (χ3v) is 4.81. The van der Waals surface area contributed by atoms with Crippen LogP contribution in [0.4, 0.5) is 0 Å². The quantitative estimate of drug-likeness (QED) is 0.352. The van der Waals surface area contributed by atoms with Gasteiger partial charge in [-0.1, -0.05) is 47.1 Å². The topological polar surface area (TPSA) is 106 Å². The minimum absolute atomic E-state index is 0.224. The van der Waals surface area contributed by atoms with E-state index in [1.165, 1.54) is 0 Å². The van der Waals surface area contributed by atoms with Crippen LogP contribution in [-0.2, 0) is 16.0 Å². The second-order valence-corrected chi connectivity index (χ2v) is 7.63. The SMILES string of the molecule is Cc1cc(Cl)ccc1OCCCC(=O)NNC(=O)CCCc1nc(-c2ccccc2)no1. The second-order valence-electron chi connectivity index (χ2n) is 7.19. The van der Waals surface area contributed by atoms with Crippen molar-refractivity contribution >= 4 is 23.4 Å². The zero-order chi connectivity index (χ0) is 22.8. The molecule has 1 aromatic heterocycles. The number of carbonyl (C=O) groups excluding carboxylic acids is 2. The van der Waals surface area contributed by atoms with E-state index in [1.807, 2.05) is 43.3 Å². The molecule has 2 N–H and O–H groups in total. The van der Waals surface area contributed by atoms with E-state index in [4.69, 9.17) is 20.9 Å². The molecule has 0 radical (unpaired) electrons. The highest BCUT2D eigenvalue weighted by molar-refractivity contribution is 6.30. The number of hydrazine groups is 1. The molecule has 0 aliphatic carbocycles. The Kier molecular flexibility index (Phi) is 8.62. The molecule has 2 aromatic carbocycles. The zero-order valence-electron chi connectivity index (χ0n) is 17.8. The van der Waals surface area contributed by atoms with Gasteiger partial charge in [0.2, 0.25) is 23.5 Å². The van der Waals surface area contributed by atoms with Crippen molar-refractivity contribution in [1.82, 2.24) is 21.0 Å². The third kappa shape index (κ3) is 7.39. The fourth-order valence-corrected chi connectivity index (χ4v) is 3.14. The summed E-state index contributed by atoms with van der Waals surface area (Å²) in [6, 6.07) is 14.9. The summed E-state index contributed by atoms with van der Waals surface area (Å²) in [4.78, 5) is 28.1. The number of ether oxygens (including phenoxy) is 1. The first-order chi connectivity index (χ1) is 15.5. The monoisotopic (exact) mass is 456 g/mol. The van der Waals surface area contributed by atoms with Crippen LogP contribution in [0.3, 0.4) is 0 Å². The number of aryl methyl sites for hydroxylation is 2. The maximum atomic E-state index is 11.9. The second kappa shape index (κ2) is 11.9. The van der Waals surface area contributed by atoms with Crippen LogP contribution in [0.2, 0.25) is 5.02 Å². The molecule has 2 amide bonds. The summed E-state index contributed by atoms with van der Waals surface area (Å²) in [5.41, 5.74) is 6.63. The highest BCUT2D eigenvalue weighted by atomic mass is 35.5. The van der Waals surface area contributed by atoms with Crippen LogP contribution in [0.1, 0.15) is 37.1 Å². The van der Waals surface area contributed by atoms with Crippen LogP contribution in [-0.4, -0.2) is 28.6 Å². The van der Waals surface area contributed by atoms with E-state index in [0.29, 0.717) is 42.6 Å². The fourth-order valence-electron chi connectivity index (χ4n) is 2.92. The van der Waals surface area contributed by atoms with Crippen molar-refractivity contribution in [1.29, 1.82) is 0 Å². The molecule has 0 saturated heterocycles. The summed E-state index contributed by atoms with van der Waals surface area (Å²) in [5, 5.41) is 4.60. The summed E-state index contributed by atoms with van der Waals surface area (Å²) < 4.78 is 10.9. The highest BCUT2D eigenvalue weighted by Crippen LogP contribution is 2.22. The van der Waals surface area contributed by atoms with Crippen LogP contribution in [0.5, 0.6) is 5.75 Å². The van der Waals surface area contributed by atoms with Gasteiger partial charge in [-0.05, 0) is 43.5 Å². The van der Waals surface area contributed by atoms with Crippen LogP contribution in [0.25, 0.3) is 11.4 Å². The number of amides is 2. The Bertz CT molecular complexity index is 1040. The first-order valence-electron chi connectivity index (χ1n) is 10.4. The lowest BCUT2D eigenvalue weighted by Crippen LogP contribution is -2.41. The molecule has 0 aliphatic heterocycles. The average molecular weight is 457 g/mol. The van der Waals surface area contributed by atoms with Crippen molar-refractivity contribution in [2.45, 2.75) is 39.0 Å². The Labute approximate surface area is 191 Å². The minimum atomic E-state index is -0.283. The summed E-state index contributed by atoms with van der Waals surface area (Å²) in [6.07, 6.45) is 1.97. The molecule has 8 nitrogen and oxygen atoms in total. The summed E-state index contributed by atoms with van der Waals surface area (Å²) in [7, 11) is 0. The van der Waals surface area contributed by atoms with Crippen molar-refractivity contribution in [2.24, 2.45) is 0 Å². The van der Waals surface area contributed by atoms with Gasteiger partial charge in [0.15, 0.2) is 0 Å². The molecule has 0 spiro atoms. The average Bonchev–Trinajstić information content (AvgIpc) is 3.26. The van der Waals surface area contributed by atoms with E-state index in [-0.39, 0.29) is 24.7 Å². The Morgan fingerprint density at radius 2 is 1.75 bits per heavy atom. The molecule has 0 atom stereocenters. The first-order valence-corrected chi connectivity index (χ1v) is 10.7. The zero-order valence-corrected chi connectivity index (χ0v) is 18.5. The van der Waals surface area contributed by atoms with Crippen molar-refractivity contribution in [3.63, 3.8) is 0 Å². The molecular weight excluding hydrogens is 432 g/mol. The number of hydrogen-bond donors (Lipinski definition) is 2. The van der Waals surface area contributed by atoms with Crippen LogP contribution in [0.15, 0.2) is 53.1 Å². The predicted molar refractivity (Wildman–Crippen MR) is 120 cm³/mol. The molecule has 0 fully saturated rings. The number of nitrogens with one attached hydrogen (secondary N) is 2. The van der Waals surface area contributed by atoms with Crippen molar-refractivity contribution in [3.05, 3.63) is 65.0 Å². The number of carbonyl (C=O) groups is 2. The van der Waals surface area contributed by atoms with Gasteiger partial charge in [-0.2, -0.15) is 4.98 Å². The van der Waals surface area contributed by atoms with E-state index in [2.05, 4.69) is 21.0 Å². The number of hydrogen-bond acceptors (Lipinski definition) is 6. The van der Waals surface area contributed by atoms with Crippen molar-refractivity contribution < 1.29 is 18.8 Å². The number of rotatable bonds is 10. The molecule has 9 heteroatoms. The Morgan fingerprint density at radius 3 is 2.47 bits per heavy atom. The van der Waals surface area contributed by atoms with Gasteiger partial charge in [0.1, 0.15) is 5.75 Å². The Balaban J connectivity index is 1.27. The molecule has 32 heavy (non-hydrogen) atoms. The normalized spacial score (nSPS) is 10.6. The maximum Gasteiger partial charge on any atom is 0.238 e. The van der Waals surface area contributed by atoms with Gasteiger partial charge in [0, 0.05) is 29.8 Å². The molecule has 3 rings (SSSR count). The van der Waals surface area contributed by atoms with E-state index in [9.17, 15) is 9.59 Å².